The fraction of sp³-hybridized carbons (Fsp3) is 0.240. The second-order valence-electron chi connectivity index (χ2n) is 7.86. The molecule has 1 N–H and O–H groups in total. The molecular formula is C25H26N2O3S. The van der Waals surface area contributed by atoms with Crippen molar-refractivity contribution < 1.29 is 13.2 Å². The number of fused-ring (bicyclic) bond motifs is 1. The van der Waals surface area contributed by atoms with Crippen LogP contribution in [0.25, 0.3) is 0 Å². The van der Waals surface area contributed by atoms with Crippen molar-refractivity contribution in [1.29, 1.82) is 0 Å². The van der Waals surface area contributed by atoms with Gasteiger partial charge in [0.1, 0.15) is 6.04 Å². The molecule has 0 radical (unpaired) electrons. The van der Waals surface area contributed by atoms with Gasteiger partial charge in [-0.1, -0.05) is 61.5 Å². The number of anilines is 1. The quantitative estimate of drug-likeness (QED) is 0.651. The van der Waals surface area contributed by atoms with Gasteiger partial charge in [0.15, 0.2) is 0 Å². The first-order chi connectivity index (χ1) is 14.9. The van der Waals surface area contributed by atoms with E-state index in [0.29, 0.717) is 6.42 Å². The lowest BCUT2D eigenvalue weighted by Crippen LogP contribution is -2.50. The van der Waals surface area contributed by atoms with Crippen LogP contribution in [0.5, 0.6) is 0 Å². The Balaban J connectivity index is 1.73. The zero-order valence-corrected chi connectivity index (χ0v) is 18.5. The molecule has 4 rings (SSSR count). The van der Waals surface area contributed by atoms with Crippen molar-refractivity contribution in [2.75, 3.05) is 5.32 Å². The van der Waals surface area contributed by atoms with E-state index in [9.17, 15) is 13.2 Å². The second kappa shape index (κ2) is 8.65. The van der Waals surface area contributed by atoms with E-state index in [1.807, 2.05) is 68.4 Å². The third-order valence-electron chi connectivity index (χ3n) is 5.76. The molecule has 0 spiro atoms. The molecule has 160 valence electrons. The monoisotopic (exact) mass is 434 g/mol. The highest BCUT2D eigenvalue weighted by molar-refractivity contribution is 7.89. The Kier molecular flexibility index (Phi) is 5.94. The third-order valence-corrected chi connectivity index (χ3v) is 7.61. The van der Waals surface area contributed by atoms with Gasteiger partial charge >= 0.3 is 0 Å². The van der Waals surface area contributed by atoms with Gasteiger partial charge in [0.25, 0.3) is 0 Å². The first-order valence-corrected chi connectivity index (χ1v) is 11.9. The number of hydrogen-bond donors (Lipinski definition) is 1. The topological polar surface area (TPSA) is 66.5 Å². The highest BCUT2D eigenvalue weighted by atomic mass is 32.2. The molecule has 3 aromatic carbocycles. The molecule has 0 aliphatic carbocycles. The van der Waals surface area contributed by atoms with E-state index < -0.39 is 16.1 Å². The lowest BCUT2D eigenvalue weighted by Gasteiger charge is -2.35. The summed E-state index contributed by atoms with van der Waals surface area (Å²) in [5.74, 6) is -0.313. The Morgan fingerprint density at radius 2 is 1.71 bits per heavy atom. The minimum absolute atomic E-state index is 0.167. The van der Waals surface area contributed by atoms with Gasteiger partial charge in [-0.15, -0.1) is 0 Å². The third kappa shape index (κ3) is 4.27. The summed E-state index contributed by atoms with van der Waals surface area (Å²) in [6.07, 6.45) is 1.11. The largest absolute Gasteiger partial charge is 0.324 e. The fourth-order valence-electron chi connectivity index (χ4n) is 4.05. The lowest BCUT2D eigenvalue weighted by molar-refractivity contribution is -0.120. The van der Waals surface area contributed by atoms with Gasteiger partial charge in [0.2, 0.25) is 15.9 Å². The molecular weight excluding hydrogens is 408 g/mol. The predicted octanol–water partition coefficient (Wildman–Crippen LogP) is 4.31. The summed E-state index contributed by atoms with van der Waals surface area (Å²) in [6, 6.07) is 21.3. The molecule has 0 fully saturated rings. The summed E-state index contributed by atoms with van der Waals surface area (Å²) in [6.45, 7) is 4.05. The Labute approximate surface area is 183 Å². The number of amides is 1. The van der Waals surface area contributed by atoms with Crippen LogP contribution in [-0.4, -0.2) is 24.7 Å². The Morgan fingerprint density at radius 1 is 1.00 bits per heavy atom. The Hall–Kier alpha value is -2.96. The number of nitrogens with zero attached hydrogens (tertiary/aromatic N) is 1. The number of rotatable bonds is 5. The number of aryl methyl sites for hydroxylation is 2. The molecule has 0 saturated heterocycles. The van der Waals surface area contributed by atoms with Gasteiger partial charge in [0, 0.05) is 12.2 Å². The van der Waals surface area contributed by atoms with E-state index in [0.717, 1.165) is 34.4 Å². The van der Waals surface area contributed by atoms with Crippen LogP contribution in [0.2, 0.25) is 0 Å². The number of para-hydroxylation sites is 1. The van der Waals surface area contributed by atoms with Gasteiger partial charge in [-0.25, -0.2) is 8.42 Å². The molecule has 5 nitrogen and oxygen atoms in total. The van der Waals surface area contributed by atoms with Crippen LogP contribution in [0, 0.1) is 6.92 Å². The molecule has 3 aromatic rings. The van der Waals surface area contributed by atoms with Crippen LogP contribution in [0.3, 0.4) is 0 Å². The van der Waals surface area contributed by atoms with Gasteiger partial charge in [0.05, 0.1) is 4.90 Å². The van der Waals surface area contributed by atoms with Gasteiger partial charge in [-0.2, -0.15) is 4.31 Å². The van der Waals surface area contributed by atoms with Crippen molar-refractivity contribution in [2.24, 2.45) is 0 Å². The molecule has 1 aliphatic heterocycles. The first-order valence-electron chi connectivity index (χ1n) is 10.4. The fourth-order valence-corrected chi connectivity index (χ4v) is 5.72. The Morgan fingerprint density at radius 3 is 2.45 bits per heavy atom. The average molecular weight is 435 g/mol. The molecule has 1 heterocycles. The van der Waals surface area contributed by atoms with E-state index in [2.05, 4.69) is 5.32 Å². The molecule has 1 unspecified atom stereocenters. The molecule has 31 heavy (non-hydrogen) atoms. The molecule has 1 atom stereocenters. The normalized spacial score (nSPS) is 16.5. The van der Waals surface area contributed by atoms with Crippen molar-refractivity contribution in [1.82, 2.24) is 4.31 Å². The van der Waals surface area contributed by atoms with Crippen LogP contribution in [0.1, 0.15) is 29.2 Å². The smallest absolute Gasteiger partial charge is 0.244 e. The SMILES string of the molecule is CCc1ccccc1NC(=O)C1Cc2ccccc2CN1S(=O)(=O)c1cccc(C)c1. The molecule has 0 saturated carbocycles. The second-order valence-corrected chi connectivity index (χ2v) is 9.75. The van der Waals surface area contributed by atoms with Gasteiger partial charge in [-0.05, 0) is 60.2 Å². The van der Waals surface area contributed by atoms with Crippen molar-refractivity contribution >= 4 is 21.6 Å². The van der Waals surface area contributed by atoms with E-state index in [-0.39, 0.29) is 17.3 Å². The maximum absolute atomic E-state index is 13.6. The minimum Gasteiger partial charge on any atom is -0.324 e. The van der Waals surface area contributed by atoms with Gasteiger partial charge in [-0.3, -0.25) is 4.79 Å². The van der Waals surface area contributed by atoms with Crippen LogP contribution >= 0.6 is 0 Å². The Bertz CT molecular complexity index is 1220. The molecule has 1 amide bonds. The van der Waals surface area contributed by atoms with E-state index in [1.165, 1.54) is 4.31 Å². The summed E-state index contributed by atoms with van der Waals surface area (Å²) in [5.41, 5.74) is 4.53. The number of carbonyl (C=O) groups excluding carboxylic acids is 1. The highest BCUT2D eigenvalue weighted by Crippen LogP contribution is 2.30. The molecule has 6 heteroatoms. The summed E-state index contributed by atoms with van der Waals surface area (Å²) < 4.78 is 28.5. The highest BCUT2D eigenvalue weighted by Gasteiger charge is 2.39. The maximum Gasteiger partial charge on any atom is 0.244 e. The molecule has 1 aliphatic rings. The van der Waals surface area contributed by atoms with Crippen LogP contribution < -0.4 is 5.32 Å². The number of hydrogen-bond acceptors (Lipinski definition) is 3. The summed E-state index contributed by atoms with van der Waals surface area (Å²) in [4.78, 5) is 13.6. The number of carbonyl (C=O) groups is 1. The predicted molar refractivity (Wildman–Crippen MR) is 122 cm³/mol. The van der Waals surface area contributed by atoms with Crippen LogP contribution in [0.15, 0.2) is 77.7 Å². The number of sulfonamides is 1. The lowest BCUT2D eigenvalue weighted by atomic mass is 9.95. The number of nitrogens with one attached hydrogen (secondary N) is 1. The van der Waals surface area contributed by atoms with E-state index in [1.54, 1.807) is 18.2 Å². The van der Waals surface area contributed by atoms with Crippen LogP contribution in [-0.2, 0) is 34.2 Å². The summed E-state index contributed by atoms with van der Waals surface area (Å²) >= 11 is 0. The van der Waals surface area contributed by atoms with Crippen LogP contribution in [0.4, 0.5) is 5.69 Å². The zero-order chi connectivity index (χ0) is 22.0. The van der Waals surface area contributed by atoms with E-state index in [4.69, 9.17) is 0 Å². The number of benzene rings is 3. The van der Waals surface area contributed by atoms with Crippen molar-refractivity contribution in [3.63, 3.8) is 0 Å². The average Bonchev–Trinajstić information content (AvgIpc) is 2.78. The van der Waals surface area contributed by atoms with Crippen molar-refractivity contribution in [3.8, 4) is 0 Å². The maximum atomic E-state index is 13.6. The standard InChI is InChI=1S/C25H26N2O3S/c1-3-19-10-6-7-14-23(19)26-25(28)24-16-20-11-4-5-12-21(20)17-27(24)31(29,30)22-13-8-9-18(2)15-22/h4-15,24H,3,16-17H2,1-2H3,(H,26,28). The first kappa shape index (κ1) is 21.3. The van der Waals surface area contributed by atoms with E-state index >= 15 is 0 Å². The van der Waals surface area contributed by atoms with Crippen molar-refractivity contribution in [3.05, 3.63) is 95.1 Å². The van der Waals surface area contributed by atoms with Crippen molar-refractivity contribution in [2.45, 2.75) is 44.2 Å². The molecule has 0 bridgehead atoms. The zero-order valence-electron chi connectivity index (χ0n) is 17.7. The van der Waals surface area contributed by atoms with Gasteiger partial charge < -0.3 is 5.32 Å². The molecule has 0 aromatic heterocycles. The minimum atomic E-state index is -3.86. The summed E-state index contributed by atoms with van der Waals surface area (Å²) in [7, 11) is -3.86. The summed E-state index contributed by atoms with van der Waals surface area (Å²) in [5, 5.41) is 2.98.